The lowest BCUT2D eigenvalue weighted by Gasteiger charge is -2.17. The Kier molecular flexibility index (Phi) is 3.95. The Morgan fingerprint density at radius 2 is 1.70 bits per heavy atom. The van der Waals surface area contributed by atoms with E-state index in [9.17, 15) is 18.4 Å². The van der Waals surface area contributed by atoms with E-state index in [4.69, 9.17) is 0 Å². The van der Waals surface area contributed by atoms with Gasteiger partial charge in [0.05, 0.1) is 22.9 Å². The molecule has 118 valence electrons. The van der Waals surface area contributed by atoms with Gasteiger partial charge in [-0.05, 0) is 37.1 Å². The van der Waals surface area contributed by atoms with E-state index in [1.807, 2.05) is 0 Å². The Bertz CT molecular complexity index is 739. The number of rotatable bonds is 2. The van der Waals surface area contributed by atoms with Crippen molar-refractivity contribution in [3.8, 4) is 17.3 Å². The molecule has 2 heterocycles. The average Bonchev–Trinajstić information content (AvgIpc) is 3.08. The van der Waals surface area contributed by atoms with Crippen molar-refractivity contribution in [2.24, 2.45) is 0 Å². The fourth-order valence-electron chi connectivity index (χ4n) is 2.67. The van der Waals surface area contributed by atoms with Gasteiger partial charge in [0, 0.05) is 18.7 Å². The standard InChI is InChI=1S/C17H14F3N3/c18-17(19,20)14-5-3-13(4-6-14)15-9-12(11-21)10-16(22-15)23-7-1-2-8-23/h3-6,9-10H,1-2,7-8H2. The molecule has 0 bridgehead atoms. The first-order chi connectivity index (χ1) is 11.0. The van der Waals surface area contributed by atoms with Crippen LogP contribution in [0.1, 0.15) is 24.0 Å². The van der Waals surface area contributed by atoms with Crippen molar-refractivity contribution in [1.29, 1.82) is 5.26 Å². The van der Waals surface area contributed by atoms with Gasteiger partial charge in [0.25, 0.3) is 0 Å². The second-order valence-corrected chi connectivity index (χ2v) is 5.48. The molecule has 0 atom stereocenters. The Balaban J connectivity index is 1.98. The monoisotopic (exact) mass is 317 g/mol. The molecule has 1 aromatic carbocycles. The van der Waals surface area contributed by atoms with Crippen LogP contribution in [-0.4, -0.2) is 18.1 Å². The lowest BCUT2D eigenvalue weighted by molar-refractivity contribution is -0.137. The van der Waals surface area contributed by atoms with Crippen molar-refractivity contribution in [3.05, 3.63) is 47.5 Å². The van der Waals surface area contributed by atoms with Gasteiger partial charge in [-0.25, -0.2) is 4.98 Å². The zero-order chi connectivity index (χ0) is 16.4. The molecule has 0 aliphatic carbocycles. The predicted molar refractivity (Wildman–Crippen MR) is 80.8 cm³/mol. The van der Waals surface area contributed by atoms with Gasteiger partial charge >= 0.3 is 6.18 Å². The van der Waals surface area contributed by atoms with Crippen molar-refractivity contribution in [2.75, 3.05) is 18.0 Å². The first-order valence-electron chi connectivity index (χ1n) is 7.32. The van der Waals surface area contributed by atoms with E-state index >= 15 is 0 Å². The normalized spacial score (nSPS) is 14.8. The van der Waals surface area contributed by atoms with Gasteiger partial charge in [-0.1, -0.05) is 12.1 Å². The maximum absolute atomic E-state index is 12.6. The minimum Gasteiger partial charge on any atom is -0.357 e. The number of halogens is 3. The van der Waals surface area contributed by atoms with Gasteiger partial charge < -0.3 is 4.90 Å². The largest absolute Gasteiger partial charge is 0.416 e. The Hall–Kier alpha value is -2.55. The summed E-state index contributed by atoms with van der Waals surface area (Å²) in [5.41, 5.74) is 0.837. The zero-order valence-corrected chi connectivity index (χ0v) is 12.3. The molecule has 6 heteroatoms. The van der Waals surface area contributed by atoms with Crippen molar-refractivity contribution in [1.82, 2.24) is 4.98 Å². The van der Waals surface area contributed by atoms with Crippen LogP contribution in [0.4, 0.5) is 19.0 Å². The van der Waals surface area contributed by atoms with Crippen LogP contribution in [0.2, 0.25) is 0 Å². The van der Waals surface area contributed by atoms with E-state index < -0.39 is 11.7 Å². The molecule has 23 heavy (non-hydrogen) atoms. The fourth-order valence-corrected chi connectivity index (χ4v) is 2.67. The van der Waals surface area contributed by atoms with Gasteiger partial charge in [0.1, 0.15) is 5.82 Å². The summed E-state index contributed by atoms with van der Waals surface area (Å²) in [5, 5.41) is 9.18. The molecule has 0 saturated carbocycles. The number of nitrogens with zero attached hydrogens (tertiary/aromatic N) is 3. The molecule has 3 rings (SSSR count). The van der Waals surface area contributed by atoms with Crippen LogP contribution >= 0.6 is 0 Å². The molecule has 0 amide bonds. The molecule has 1 saturated heterocycles. The van der Waals surface area contributed by atoms with Crippen LogP contribution in [0.15, 0.2) is 36.4 Å². The number of benzene rings is 1. The van der Waals surface area contributed by atoms with Crippen LogP contribution < -0.4 is 4.90 Å². The number of alkyl halides is 3. The lowest BCUT2D eigenvalue weighted by Crippen LogP contribution is -2.19. The smallest absolute Gasteiger partial charge is 0.357 e. The molecular formula is C17H14F3N3. The number of anilines is 1. The van der Waals surface area contributed by atoms with Crippen molar-refractivity contribution in [2.45, 2.75) is 19.0 Å². The van der Waals surface area contributed by atoms with Crippen molar-refractivity contribution in [3.63, 3.8) is 0 Å². The Morgan fingerprint density at radius 3 is 2.26 bits per heavy atom. The fraction of sp³-hybridized carbons (Fsp3) is 0.294. The van der Waals surface area contributed by atoms with E-state index in [0.29, 0.717) is 22.6 Å². The number of nitriles is 1. The zero-order valence-electron chi connectivity index (χ0n) is 12.3. The number of aromatic nitrogens is 1. The third kappa shape index (κ3) is 3.29. The van der Waals surface area contributed by atoms with Crippen LogP contribution in [-0.2, 0) is 6.18 Å². The summed E-state index contributed by atoms with van der Waals surface area (Å²) in [6, 6.07) is 10.3. The minimum atomic E-state index is -4.36. The molecule has 1 aliphatic heterocycles. The summed E-state index contributed by atoms with van der Waals surface area (Å²) in [7, 11) is 0. The molecule has 1 aromatic heterocycles. The highest BCUT2D eigenvalue weighted by atomic mass is 19.4. The van der Waals surface area contributed by atoms with Gasteiger partial charge in [0.15, 0.2) is 0 Å². The summed E-state index contributed by atoms with van der Waals surface area (Å²) in [6.07, 6.45) is -2.21. The van der Waals surface area contributed by atoms with Crippen molar-refractivity contribution >= 4 is 5.82 Å². The van der Waals surface area contributed by atoms with Crippen LogP contribution in [0.5, 0.6) is 0 Å². The predicted octanol–water partition coefficient (Wildman–Crippen LogP) is 4.24. The van der Waals surface area contributed by atoms with Gasteiger partial charge in [-0.3, -0.25) is 0 Å². The second-order valence-electron chi connectivity index (χ2n) is 5.48. The first-order valence-corrected chi connectivity index (χ1v) is 7.32. The molecule has 1 aliphatic rings. The average molecular weight is 317 g/mol. The van der Waals surface area contributed by atoms with Crippen LogP contribution in [0.25, 0.3) is 11.3 Å². The Morgan fingerprint density at radius 1 is 1.04 bits per heavy atom. The Labute approximate surface area is 132 Å². The number of hydrogen-bond donors (Lipinski definition) is 0. The molecule has 3 nitrogen and oxygen atoms in total. The molecule has 0 radical (unpaired) electrons. The highest BCUT2D eigenvalue weighted by molar-refractivity contribution is 5.65. The van der Waals surface area contributed by atoms with Gasteiger partial charge in [0.2, 0.25) is 0 Å². The molecular weight excluding hydrogens is 303 g/mol. The maximum atomic E-state index is 12.6. The molecule has 0 unspecified atom stereocenters. The molecule has 0 spiro atoms. The van der Waals surface area contributed by atoms with Crippen LogP contribution in [0, 0.1) is 11.3 Å². The highest BCUT2D eigenvalue weighted by Crippen LogP contribution is 2.31. The van der Waals surface area contributed by atoms with Gasteiger partial charge in [-0.2, -0.15) is 18.4 Å². The van der Waals surface area contributed by atoms with E-state index in [2.05, 4.69) is 16.0 Å². The number of hydrogen-bond acceptors (Lipinski definition) is 3. The molecule has 1 fully saturated rings. The highest BCUT2D eigenvalue weighted by Gasteiger charge is 2.30. The third-order valence-electron chi connectivity index (χ3n) is 3.88. The minimum absolute atomic E-state index is 0.455. The van der Waals surface area contributed by atoms with Gasteiger partial charge in [-0.15, -0.1) is 0 Å². The molecule has 2 aromatic rings. The van der Waals surface area contributed by atoms with E-state index in [1.165, 1.54) is 12.1 Å². The third-order valence-corrected chi connectivity index (χ3v) is 3.88. The van der Waals surface area contributed by atoms with Crippen molar-refractivity contribution < 1.29 is 13.2 Å². The first kappa shape index (κ1) is 15.3. The summed E-state index contributed by atoms with van der Waals surface area (Å²) in [6.45, 7) is 1.77. The topological polar surface area (TPSA) is 39.9 Å². The number of pyridine rings is 1. The summed E-state index contributed by atoms with van der Waals surface area (Å²) < 4.78 is 37.9. The van der Waals surface area contributed by atoms with E-state index in [-0.39, 0.29) is 0 Å². The van der Waals surface area contributed by atoms with E-state index in [0.717, 1.165) is 38.1 Å². The maximum Gasteiger partial charge on any atom is 0.416 e. The van der Waals surface area contributed by atoms with Crippen LogP contribution in [0.3, 0.4) is 0 Å². The quantitative estimate of drug-likeness (QED) is 0.832. The lowest BCUT2D eigenvalue weighted by atomic mass is 10.1. The van der Waals surface area contributed by atoms with E-state index in [1.54, 1.807) is 12.1 Å². The summed E-state index contributed by atoms with van der Waals surface area (Å²) in [5.74, 6) is 0.705. The summed E-state index contributed by atoms with van der Waals surface area (Å²) >= 11 is 0. The SMILES string of the molecule is N#Cc1cc(-c2ccc(C(F)(F)F)cc2)nc(N2CCCC2)c1. The second kappa shape index (κ2) is 5.92. The molecule has 0 N–H and O–H groups in total. The summed E-state index contributed by atoms with van der Waals surface area (Å²) in [4.78, 5) is 6.61.